The number of rotatable bonds is 2. The summed E-state index contributed by atoms with van der Waals surface area (Å²) in [5, 5.41) is 0. The van der Waals surface area contributed by atoms with Crippen molar-refractivity contribution in [2.45, 2.75) is 53.1 Å². The van der Waals surface area contributed by atoms with E-state index < -0.39 is 17.5 Å². The molecule has 1 fully saturated rings. The predicted molar refractivity (Wildman–Crippen MR) is 86.0 cm³/mol. The second kappa shape index (κ2) is 5.36. The Bertz CT molecular complexity index is 684. The zero-order valence-electron chi connectivity index (χ0n) is 14.3. The van der Waals surface area contributed by atoms with Crippen LogP contribution < -0.4 is 0 Å². The third kappa shape index (κ3) is 2.19. The summed E-state index contributed by atoms with van der Waals surface area (Å²) in [5.41, 5.74) is 1.58. The van der Waals surface area contributed by atoms with Gasteiger partial charge in [0.25, 0.3) is 0 Å². The zero-order chi connectivity index (χ0) is 16.9. The van der Waals surface area contributed by atoms with Gasteiger partial charge in [-0.05, 0) is 38.2 Å². The molecule has 4 heteroatoms. The molecule has 4 nitrogen and oxygen atoms in total. The maximum absolute atomic E-state index is 12.9. The molecule has 0 unspecified atom stereocenters. The molecule has 0 bridgehead atoms. The fourth-order valence-electron chi connectivity index (χ4n) is 4.28. The Morgan fingerprint density at radius 2 is 2.13 bits per heavy atom. The standard InChI is InChI=1S/C19H24O4/c1-10(2)18(21)23-17-14-11(3)9-22-16(14)15(20)13-8-6-7-12(4)19(13,17)5/h9,12-13,17H,1,6-8H2,2-5H3/t12-,13+,17+,19+/m0/s1. The highest BCUT2D eigenvalue weighted by atomic mass is 16.5. The summed E-state index contributed by atoms with van der Waals surface area (Å²) in [5.74, 6) is 0.153. The number of esters is 1. The van der Waals surface area contributed by atoms with Crippen molar-refractivity contribution in [2.24, 2.45) is 17.3 Å². The fourth-order valence-corrected chi connectivity index (χ4v) is 4.28. The second-order valence-corrected chi connectivity index (χ2v) is 7.34. The van der Waals surface area contributed by atoms with Gasteiger partial charge in [0.1, 0.15) is 6.10 Å². The van der Waals surface area contributed by atoms with Crippen LogP contribution in [-0.2, 0) is 9.53 Å². The number of carbonyl (C=O) groups is 2. The Labute approximate surface area is 136 Å². The van der Waals surface area contributed by atoms with Crippen molar-refractivity contribution in [3.05, 3.63) is 35.3 Å². The molecule has 0 N–H and O–H groups in total. The lowest BCUT2D eigenvalue weighted by Crippen LogP contribution is -2.50. The third-order valence-corrected chi connectivity index (χ3v) is 5.91. The number of ketones is 1. The van der Waals surface area contributed by atoms with E-state index in [2.05, 4.69) is 20.4 Å². The molecule has 1 aromatic rings. The Morgan fingerprint density at radius 3 is 2.78 bits per heavy atom. The molecule has 0 radical (unpaired) electrons. The van der Waals surface area contributed by atoms with Crippen LogP contribution in [0.15, 0.2) is 22.8 Å². The first-order chi connectivity index (χ1) is 10.8. The van der Waals surface area contributed by atoms with Gasteiger partial charge in [-0.2, -0.15) is 0 Å². The van der Waals surface area contributed by atoms with Crippen LogP contribution in [0.5, 0.6) is 0 Å². The van der Waals surface area contributed by atoms with E-state index in [0.29, 0.717) is 11.3 Å². The highest BCUT2D eigenvalue weighted by molar-refractivity contribution is 5.99. The van der Waals surface area contributed by atoms with Gasteiger partial charge in [-0.15, -0.1) is 0 Å². The Hall–Kier alpha value is -1.84. The minimum atomic E-state index is -0.460. The summed E-state index contributed by atoms with van der Waals surface area (Å²) < 4.78 is 11.4. The largest absolute Gasteiger partial charge is 0.461 e. The van der Waals surface area contributed by atoms with Crippen molar-refractivity contribution in [3.8, 4) is 0 Å². The van der Waals surface area contributed by atoms with Gasteiger partial charge in [-0.1, -0.05) is 26.8 Å². The van der Waals surface area contributed by atoms with Crippen LogP contribution in [0.1, 0.15) is 67.8 Å². The van der Waals surface area contributed by atoms with Crippen molar-refractivity contribution in [3.63, 3.8) is 0 Å². The van der Waals surface area contributed by atoms with E-state index in [-0.39, 0.29) is 17.6 Å². The molecular formula is C19H24O4. The first kappa shape index (κ1) is 16.0. The number of ether oxygens (including phenoxy) is 1. The molecule has 0 aromatic carbocycles. The normalized spacial score (nSPS) is 32.9. The van der Waals surface area contributed by atoms with Crippen LogP contribution in [0, 0.1) is 24.2 Å². The van der Waals surface area contributed by atoms with Crippen LogP contribution in [0.3, 0.4) is 0 Å². The van der Waals surface area contributed by atoms with Gasteiger partial charge in [-0.25, -0.2) is 4.79 Å². The maximum atomic E-state index is 12.9. The fraction of sp³-hybridized carbons (Fsp3) is 0.579. The van der Waals surface area contributed by atoms with Gasteiger partial charge in [0.2, 0.25) is 5.78 Å². The third-order valence-electron chi connectivity index (χ3n) is 5.91. The first-order valence-corrected chi connectivity index (χ1v) is 8.27. The number of hydrogen-bond donors (Lipinski definition) is 0. The lowest BCUT2D eigenvalue weighted by Gasteiger charge is -2.51. The average Bonchev–Trinajstić information content (AvgIpc) is 2.87. The summed E-state index contributed by atoms with van der Waals surface area (Å²) in [6.07, 6.45) is 4.00. The van der Waals surface area contributed by atoms with Crippen LogP contribution in [-0.4, -0.2) is 11.8 Å². The van der Waals surface area contributed by atoms with E-state index in [1.807, 2.05) is 6.92 Å². The highest BCUT2D eigenvalue weighted by Crippen LogP contribution is 2.59. The van der Waals surface area contributed by atoms with Crippen LogP contribution in [0.25, 0.3) is 0 Å². The van der Waals surface area contributed by atoms with E-state index >= 15 is 0 Å². The molecule has 1 aromatic heterocycles. The quantitative estimate of drug-likeness (QED) is 0.600. The summed E-state index contributed by atoms with van der Waals surface area (Å²) in [6, 6.07) is 0. The number of carbonyl (C=O) groups excluding carboxylic acids is 2. The van der Waals surface area contributed by atoms with E-state index in [4.69, 9.17) is 9.15 Å². The number of Topliss-reactive ketones (excluding diaryl/α,β-unsaturated/α-hetero) is 1. The van der Waals surface area contributed by atoms with Gasteiger partial charge in [0.15, 0.2) is 5.76 Å². The van der Waals surface area contributed by atoms with Gasteiger partial charge in [0, 0.05) is 22.5 Å². The molecule has 0 saturated heterocycles. The maximum Gasteiger partial charge on any atom is 0.333 e. The van der Waals surface area contributed by atoms with E-state index in [9.17, 15) is 9.59 Å². The molecule has 23 heavy (non-hydrogen) atoms. The molecule has 2 aliphatic carbocycles. The number of aryl methyl sites for hydroxylation is 1. The number of fused-ring (bicyclic) bond motifs is 2. The Balaban J connectivity index is 2.16. The molecule has 0 amide bonds. The Morgan fingerprint density at radius 1 is 1.43 bits per heavy atom. The van der Waals surface area contributed by atoms with Crippen LogP contribution in [0.4, 0.5) is 0 Å². The van der Waals surface area contributed by atoms with Crippen LogP contribution in [0.2, 0.25) is 0 Å². The van der Waals surface area contributed by atoms with Gasteiger partial charge >= 0.3 is 5.97 Å². The smallest absolute Gasteiger partial charge is 0.333 e. The average molecular weight is 316 g/mol. The summed E-state index contributed by atoms with van der Waals surface area (Å²) in [4.78, 5) is 25.2. The number of hydrogen-bond acceptors (Lipinski definition) is 4. The first-order valence-electron chi connectivity index (χ1n) is 8.27. The molecule has 1 heterocycles. The Kier molecular flexibility index (Phi) is 3.74. The minimum absolute atomic E-state index is 0.0600. The van der Waals surface area contributed by atoms with E-state index in [0.717, 1.165) is 30.4 Å². The molecule has 124 valence electrons. The lowest BCUT2D eigenvalue weighted by molar-refractivity contribution is -0.161. The molecule has 2 aliphatic rings. The SMILES string of the molecule is C=C(C)C(=O)O[C@@H]1c2c(C)coc2C(=O)[C@H]2CCC[C@H](C)[C@]21C. The van der Waals surface area contributed by atoms with Gasteiger partial charge < -0.3 is 9.15 Å². The van der Waals surface area contributed by atoms with Gasteiger partial charge in [0.05, 0.1) is 6.26 Å². The lowest BCUT2D eigenvalue weighted by atomic mass is 9.54. The van der Waals surface area contributed by atoms with Crippen molar-refractivity contribution >= 4 is 11.8 Å². The summed E-state index contributed by atoms with van der Waals surface area (Å²) >= 11 is 0. The van der Waals surface area contributed by atoms with Crippen molar-refractivity contribution in [1.82, 2.24) is 0 Å². The summed E-state index contributed by atoms with van der Waals surface area (Å²) in [7, 11) is 0. The second-order valence-electron chi connectivity index (χ2n) is 7.34. The van der Waals surface area contributed by atoms with Gasteiger partial charge in [-0.3, -0.25) is 4.79 Å². The summed E-state index contributed by atoms with van der Waals surface area (Å²) in [6.45, 7) is 11.5. The predicted octanol–water partition coefficient (Wildman–Crippen LogP) is 4.39. The molecule has 4 atom stereocenters. The number of furan rings is 1. The van der Waals surface area contributed by atoms with Crippen molar-refractivity contribution in [1.29, 1.82) is 0 Å². The molecule has 1 saturated carbocycles. The zero-order valence-corrected chi connectivity index (χ0v) is 14.3. The van der Waals surface area contributed by atoms with Crippen molar-refractivity contribution in [2.75, 3.05) is 0 Å². The molecule has 0 spiro atoms. The molecular weight excluding hydrogens is 292 g/mol. The molecule has 0 aliphatic heterocycles. The van der Waals surface area contributed by atoms with Crippen LogP contribution >= 0.6 is 0 Å². The minimum Gasteiger partial charge on any atom is -0.461 e. The van der Waals surface area contributed by atoms with Crippen molar-refractivity contribution < 1.29 is 18.7 Å². The molecule has 3 rings (SSSR count). The van der Waals surface area contributed by atoms with E-state index in [1.54, 1.807) is 13.2 Å². The van der Waals surface area contributed by atoms with E-state index in [1.165, 1.54) is 0 Å². The topological polar surface area (TPSA) is 56.5 Å². The highest BCUT2D eigenvalue weighted by Gasteiger charge is 2.58. The monoisotopic (exact) mass is 316 g/mol.